The van der Waals surface area contributed by atoms with Crippen molar-refractivity contribution in [3.8, 4) is 0 Å². The molecule has 3 aliphatic rings. The van der Waals surface area contributed by atoms with Crippen molar-refractivity contribution in [3.63, 3.8) is 0 Å². The van der Waals surface area contributed by atoms with E-state index < -0.39 is 0 Å². The van der Waals surface area contributed by atoms with E-state index >= 15 is 0 Å². The first-order valence-electron chi connectivity index (χ1n) is 9.91. The van der Waals surface area contributed by atoms with Crippen molar-refractivity contribution in [3.05, 3.63) is 35.5 Å². The second-order valence-electron chi connectivity index (χ2n) is 8.27. The first kappa shape index (κ1) is 16.2. The van der Waals surface area contributed by atoms with Gasteiger partial charge in [-0.3, -0.25) is 0 Å². The van der Waals surface area contributed by atoms with Crippen LogP contribution in [0.5, 0.6) is 0 Å². The number of likely N-dealkylation sites (tertiary alicyclic amines) is 2. The molecule has 3 heterocycles. The number of likely N-dealkylation sites (N-methyl/N-ethyl adjacent to an activating group) is 1. The van der Waals surface area contributed by atoms with E-state index in [1.165, 1.54) is 22.0 Å². The molecule has 2 aliphatic heterocycles. The lowest BCUT2D eigenvalue weighted by molar-refractivity contribution is 0.0499. The Labute approximate surface area is 154 Å². The van der Waals surface area contributed by atoms with Gasteiger partial charge in [0.2, 0.25) is 0 Å². The van der Waals surface area contributed by atoms with E-state index in [1.807, 2.05) is 4.90 Å². The first-order chi connectivity index (χ1) is 12.7. The summed E-state index contributed by atoms with van der Waals surface area (Å²) in [7, 11) is 2.23. The quantitative estimate of drug-likeness (QED) is 0.901. The predicted octanol–water partition coefficient (Wildman–Crippen LogP) is 3.36. The number of piperidine rings is 1. The van der Waals surface area contributed by atoms with Crippen LogP contribution in [0.2, 0.25) is 0 Å². The highest BCUT2D eigenvalue weighted by Gasteiger charge is 2.39. The predicted molar refractivity (Wildman–Crippen MR) is 101 cm³/mol. The summed E-state index contributed by atoms with van der Waals surface area (Å²) in [6, 6.07) is 7.18. The van der Waals surface area contributed by atoms with Crippen LogP contribution in [0.15, 0.2) is 24.4 Å². The SMILES string of the molecule is CN1C[C@H](COC(=O)N2CCCC2)C[C@@H]2c3cccc4[nH]cc(c34)C[C@H]21. The third kappa shape index (κ3) is 2.60. The third-order valence-electron chi connectivity index (χ3n) is 6.62. The Morgan fingerprint density at radius 1 is 1.31 bits per heavy atom. The molecule has 0 unspecified atom stereocenters. The van der Waals surface area contributed by atoms with E-state index in [9.17, 15) is 4.79 Å². The Morgan fingerprint density at radius 2 is 2.15 bits per heavy atom. The molecule has 0 spiro atoms. The number of carbonyl (C=O) groups is 1. The number of benzene rings is 1. The standard InChI is InChI=1S/C21H27N3O2/c1-23-12-14(13-26-21(25)24-7-2-3-8-24)9-17-16-5-4-6-18-20(16)15(11-22-18)10-19(17)23/h4-6,11,14,17,19,22H,2-3,7-10,12-13H2,1H3/t14-,17-,19-/m1/s1. The van der Waals surface area contributed by atoms with Crippen LogP contribution in [0.25, 0.3) is 10.9 Å². The van der Waals surface area contributed by atoms with E-state index in [4.69, 9.17) is 4.74 Å². The smallest absolute Gasteiger partial charge is 0.409 e. The summed E-state index contributed by atoms with van der Waals surface area (Å²) in [5, 5.41) is 1.43. The van der Waals surface area contributed by atoms with E-state index in [0.717, 1.165) is 45.3 Å². The van der Waals surface area contributed by atoms with Crippen LogP contribution in [0, 0.1) is 5.92 Å². The van der Waals surface area contributed by atoms with Crippen molar-refractivity contribution < 1.29 is 9.53 Å². The van der Waals surface area contributed by atoms with Gasteiger partial charge in [-0.2, -0.15) is 0 Å². The number of nitrogens with zero attached hydrogens (tertiary/aromatic N) is 2. The Kier molecular flexibility index (Phi) is 3.92. The zero-order chi connectivity index (χ0) is 17.7. The molecule has 138 valence electrons. The number of amides is 1. The van der Waals surface area contributed by atoms with Crippen LogP contribution in [0.4, 0.5) is 4.79 Å². The number of ether oxygens (including phenoxy) is 1. The van der Waals surface area contributed by atoms with Gasteiger partial charge >= 0.3 is 6.09 Å². The molecule has 26 heavy (non-hydrogen) atoms. The normalized spacial score (nSPS) is 28.3. The molecule has 1 aromatic carbocycles. The third-order valence-corrected chi connectivity index (χ3v) is 6.62. The van der Waals surface area contributed by atoms with Crippen LogP contribution in [0.1, 0.15) is 36.3 Å². The molecule has 1 aliphatic carbocycles. The molecular weight excluding hydrogens is 326 g/mol. The number of aromatic nitrogens is 1. The van der Waals surface area contributed by atoms with Gasteiger partial charge in [-0.25, -0.2) is 4.79 Å². The topological polar surface area (TPSA) is 48.6 Å². The van der Waals surface area contributed by atoms with Crippen LogP contribution >= 0.6 is 0 Å². The molecule has 0 radical (unpaired) electrons. The molecule has 1 aromatic heterocycles. The average molecular weight is 353 g/mol. The number of fused-ring (bicyclic) bond motifs is 2. The van der Waals surface area contributed by atoms with E-state index in [-0.39, 0.29) is 6.09 Å². The van der Waals surface area contributed by atoms with Gasteiger partial charge in [-0.15, -0.1) is 0 Å². The van der Waals surface area contributed by atoms with Crippen molar-refractivity contribution in [2.75, 3.05) is 33.3 Å². The summed E-state index contributed by atoms with van der Waals surface area (Å²) in [5.74, 6) is 0.930. The van der Waals surface area contributed by atoms with Gasteiger partial charge in [0.1, 0.15) is 0 Å². The summed E-state index contributed by atoms with van der Waals surface area (Å²) in [4.78, 5) is 20.0. The largest absolute Gasteiger partial charge is 0.449 e. The van der Waals surface area contributed by atoms with Gasteiger partial charge in [0.15, 0.2) is 0 Å². The fourth-order valence-electron chi connectivity index (χ4n) is 5.35. The van der Waals surface area contributed by atoms with Gasteiger partial charge in [0, 0.05) is 54.6 Å². The van der Waals surface area contributed by atoms with Gasteiger partial charge < -0.3 is 19.5 Å². The summed E-state index contributed by atoms with van der Waals surface area (Å²) < 4.78 is 5.68. The van der Waals surface area contributed by atoms with Crippen molar-refractivity contribution in [1.82, 2.24) is 14.8 Å². The molecule has 5 heteroatoms. The fraction of sp³-hybridized carbons (Fsp3) is 0.571. The number of nitrogens with one attached hydrogen (secondary N) is 1. The summed E-state index contributed by atoms with van der Waals surface area (Å²) >= 11 is 0. The maximum atomic E-state index is 12.2. The maximum absolute atomic E-state index is 12.2. The number of H-pyrrole nitrogens is 1. The van der Waals surface area contributed by atoms with Gasteiger partial charge in [0.05, 0.1) is 6.61 Å². The Morgan fingerprint density at radius 3 is 3.00 bits per heavy atom. The molecule has 1 N–H and O–H groups in total. The number of aromatic amines is 1. The Bertz CT molecular complexity index is 824. The molecule has 1 amide bonds. The zero-order valence-electron chi connectivity index (χ0n) is 15.4. The lowest BCUT2D eigenvalue weighted by Crippen LogP contribution is -2.49. The number of rotatable bonds is 2. The molecule has 2 aromatic rings. The average Bonchev–Trinajstić information content (AvgIpc) is 3.32. The van der Waals surface area contributed by atoms with Crippen molar-refractivity contribution >= 4 is 17.0 Å². The molecule has 0 bridgehead atoms. The first-order valence-corrected chi connectivity index (χ1v) is 9.91. The summed E-state index contributed by atoms with van der Waals surface area (Å²) in [6.07, 6.45) is 6.49. The second kappa shape index (κ2) is 6.31. The Hall–Kier alpha value is -2.01. The lowest BCUT2D eigenvalue weighted by Gasteiger charge is -2.45. The van der Waals surface area contributed by atoms with Crippen molar-refractivity contribution in [2.45, 2.75) is 37.6 Å². The minimum absolute atomic E-state index is 0.119. The number of hydrogen-bond acceptors (Lipinski definition) is 3. The van der Waals surface area contributed by atoms with Gasteiger partial charge in [-0.05, 0) is 49.9 Å². The highest BCUT2D eigenvalue weighted by molar-refractivity contribution is 5.88. The van der Waals surface area contributed by atoms with Crippen LogP contribution in [-0.4, -0.2) is 60.2 Å². The highest BCUT2D eigenvalue weighted by Crippen LogP contribution is 2.44. The van der Waals surface area contributed by atoms with Crippen molar-refractivity contribution in [2.24, 2.45) is 5.92 Å². The number of hydrogen-bond donors (Lipinski definition) is 1. The highest BCUT2D eigenvalue weighted by atomic mass is 16.6. The van der Waals surface area contributed by atoms with Crippen LogP contribution < -0.4 is 0 Å². The maximum Gasteiger partial charge on any atom is 0.409 e. The number of carbonyl (C=O) groups excluding carboxylic acids is 1. The summed E-state index contributed by atoms with van der Waals surface area (Å²) in [5.41, 5.74) is 4.17. The van der Waals surface area contributed by atoms with Crippen molar-refractivity contribution in [1.29, 1.82) is 0 Å². The monoisotopic (exact) mass is 353 g/mol. The van der Waals surface area contributed by atoms with E-state index in [0.29, 0.717) is 24.5 Å². The Balaban J connectivity index is 1.33. The molecule has 2 saturated heterocycles. The van der Waals surface area contributed by atoms with Crippen LogP contribution in [0.3, 0.4) is 0 Å². The molecule has 2 fully saturated rings. The fourth-order valence-corrected chi connectivity index (χ4v) is 5.35. The van der Waals surface area contributed by atoms with Crippen LogP contribution in [-0.2, 0) is 11.2 Å². The van der Waals surface area contributed by atoms with Gasteiger partial charge in [-0.1, -0.05) is 12.1 Å². The minimum atomic E-state index is -0.119. The van der Waals surface area contributed by atoms with Gasteiger partial charge in [0.25, 0.3) is 0 Å². The van der Waals surface area contributed by atoms with E-state index in [2.05, 4.69) is 41.3 Å². The molecule has 5 nitrogen and oxygen atoms in total. The minimum Gasteiger partial charge on any atom is -0.449 e. The molecule has 5 rings (SSSR count). The lowest BCUT2D eigenvalue weighted by atomic mass is 9.72. The molecule has 0 saturated carbocycles. The zero-order valence-corrected chi connectivity index (χ0v) is 15.4. The second-order valence-corrected chi connectivity index (χ2v) is 8.27. The molecule has 3 atom stereocenters. The molecular formula is C21H27N3O2. The van der Waals surface area contributed by atoms with E-state index in [1.54, 1.807) is 0 Å². The summed E-state index contributed by atoms with van der Waals surface area (Å²) in [6.45, 7) is 3.25.